The molecule has 1 atom stereocenters. The smallest absolute Gasteiger partial charge is 0.254 e. The molecule has 0 radical (unpaired) electrons. The average Bonchev–Trinajstić information content (AvgIpc) is 3.31. The Morgan fingerprint density at radius 3 is 2.47 bits per heavy atom. The zero-order valence-electron chi connectivity index (χ0n) is 21.2. The van der Waals surface area contributed by atoms with E-state index in [2.05, 4.69) is 43.0 Å². The molecule has 1 heterocycles. The summed E-state index contributed by atoms with van der Waals surface area (Å²) in [7, 11) is 2.97. The number of phenolic OH excluding ortho intramolecular Hbond substituents is 1. The van der Waals surface area contributed by atoms with Crippen LogP contribution in [0.4, 0.5) is 0 Å². The van der Waals surface area contributed by atoms with Gasteiger partial charge in [-0.15, -0.1) is 0 Å². The minimum atomic E-state index is -0.0927. The number of methoxy groups -OCH3 is 2. The minimum Gasteiger partial charge on any atom is -0.504 e. The van der Waals surface area contributed by atoms with Gasteiger partial charge in [-0.3, -0.25) is 4.79 Å². The van der Waals surface area contributed by atoms with Crippen LogP contribution >= 0.6 is 0 Å². The van der Waals surface area contributed by atoms with Crippen LogP contribution in [0, 0.1) is 0 Å². The van der Waals surface area contributed by atoms with Gasteiger partial charge in [-0.2, -0.15) is 0 Å². The Kier molecular flexibility index (Phi) is 9.22. The quantitative estimate of drug-likeness (QED) is 0.470. The van der Waals surface area contributed by atoms with Crippen LogP contribution in [0.5, 0.6) is 17.2 Å². The van der Waals surface area contributed by atoms with E-state index in [1.165, 1.54) is 38.7 Å². The molecule has 34 heavy (non-hydrogen) atoms. The molecule has 0 aromatic heterocycles. The second-order valence-electron chi connectivity index (χ2n) is 9.30. The van der Waals surface area contributed by atoms with E-state index in [-0.39, 0.29) is 22.8 Å². The lowest BCUT2D eigenvalue weighted by molar-refractivity contribution is 0.0780. The first-order chi connectivity index (χ1) is 16.5. The number of ether oxygens (including phenoxy) is 2. The van der Waals surface area contributed by atoms with Crippen LogP contribution in [0.1, 0.15) is 61.9 Å². The molecule has 1 amide bonds. The first-order valence-electron chi connectivity index (χ1n) is 12.5. The van der Waals surface area contributed by atoms with E-state index >= 15 is 0 Å². The topological polar surface area (TPSA) is 62.2 Å². The Morgan fingerprint density at radius 2 is 1.82 bits per heavy atom. The highest BCUT2D eigenvalue weighted by atomic mass is 16.5. The van der Waals surface area contributed by atoms with Crippen molar-refractivity contribution in [3.63, 3.8) is 0 Å². The molecule has 6 nitrogen and oxygen atoms in total. The maximum Gasteiger partial charge on any atom is 0.254 e. The molecule has 0 spiro atoms. The van der Waals surface area contributed by atoms with Crippen molar-refractivity contribution >= 4 is 5.91 Å². The lowest BCUT2D eigenvalue weighted by atomic mass is 9.76. The highest BCUT2D eigenvalue weighted by Crippen LogP contribution is 2.41. The number of hydrogen-bond donors (Lipinski definition) is 1. The molecule has 2 aromatic carbocycles. The lowest BCUT2D eigenvalue weighted by Gasteiger charge is -2.33. The summed E-state index contributed by atoms with van der Waals surface area (Å²) >= 11 is 0. The van der Waals surface area contributed by atoms with Crippen LogP contribution in [-0.4, -0.2) is 67.8 Å². The van der Waals surface area contributed by atoms with E-state index in [4.69, 9.17) is 9.47 Å². The predicted molar refractivity (Wildman–Crippen MR) is 136 cm³/mol. The highest BCUT2D eigenvalue weighted by Gasteiger charge is 2.41. The molecule has 6 heteroatoms. The summed E-state index contributed by atoms with van der Waals surface area (Å²) in [5.74, 6) is 0.406. The van der Waals surface area contributed by atoms with Crippen molar-refractivity contribution in [1.29, 1.82) is 0 Å². The van der Waals surface area contributed by atoms with Gasteiger partial charge in [0, 0.05) is 24.1 Å². The Labute approximate surface area is 204 Å². The van der Waals surface area contributed by atoms with E-state index in [0.29, 0.717) is 24.4 Å². The molecule has 1 N–H and O–H groups in total. The largest absolute Gasteiger partial charge is 0.504 e. The number of hydrogen-bond acceptors (Lipinski definition) is 5. The number of nitrogens with zero attached hydrogens (tertiary/aromatic N) is 2. The fourth-order valence-corrected chi connectivity index (χ4v) is 5.08. The Bertz CT molecular complexity index is 934. The molecule has 1 fully saturated rings. The Balaban J connectivity index is 1.83. The third-order valence-electron chi connectivity index (χ3n) is 7.01. The molecular formula is C28H40N2O4. The second kappa shape index (κ2) is 12.1. The number of carbonyl (C=O) groups is 1. The normalized spacial score (nSPS) is 17.9. The third-order valence-corrected chi connectivity index (χ3v) is 7.01. The van der Waals surface area contributed by atoms with Crippen molar-refractivity contribution in [3.05, 3.63) is 53.6 Å². The number of unbranched alkanes of at least 4 members (excludes halogenated alkanes) is 1. The molecule has 0 bridgehead atoms. The summed E-state index contributed by atoms with van der Waals surface area (Å²) in [6.07, 6.45) is 5.50. The molecule has 0 saturated carbocycles. The third kappa shape index (κ3) is 5.84. The number of aromatic hydroxyl groups is 1. The molecule has 1 unspecified atom stereocenters. The van der Waals surface area contributed by atoms with E-state index in [0.717, 1.165) is 38.9 Å². The monoisotopic (exact) mass is 468 g/mol. The Hall–Kier alpha value is -2.73. The fraction of sp³-hybridized carbons (Fsp3) is 0.536. The SMILES string of the molecule is CCCCN(CCC)CCC1(c2ccccc2)CCN(C(=O)c2cc(O)c(OC)c(OC)c2)C1. The summed E-state index contributed by atoms with van der Waals surface area (Å²) in [5, 5.41) is 10.4. The molecule has 1 aliphatic rings. The van der Waals surface area contributed by atoms with E-state index < -0.39 is 0 Å². The predicted octanol–water partition coefficient (Wildman–Crippen LogP) is 5.10. The summed E-state index contributed by atoms with van der Waals surface area (Å²) in [6.45, 7) is 9.09. The van der Waals surface area contributed by atoms with Crippen molar-refractivity contribution in [2.75, 3.05) is 46.9 Å². The van der Waals surface area contributed by atoms with E-state index in [1.807, 2.05) is 11.0 Å². The fourth-order valence-electron chi connectivity index (χ4n) is 5.08. The van der Waals surface area contributed by atoms with Crippen LogP contribution in [0.15, 0.2) is 42.5 Å². The average molecular weight is 469 g/mol. The van der Waals surface area contributed by atoms with Crippen molar-refractivity contribution in [2.24, 2.45) is 0 Å². The maximum absolute atomic E-state index is 13.5. The summed E-state index contributed by atoms with van der Waals surface area (Å²) in [5.41, 5.74) is 1.63. The van der Waals surface area contributed by atoms with Gasteiger partial charge in [0.25, 0.3) is 5.91 Å². The Morgan fingerprint density at radius 1 is 1.06 bits per heavy atom. The molecular weight excluding hydrogens is 428 g/mol. The maximum atomic E-state index is 13.5. The van der Waals surface area contributed by atoms with Crippen LogP contribution in [-0.2, 0) is 5.41 Å². The number of carbonyl (C=O) groups excluding carboxylic acids is 1. The van der Waals surface area contributed by atoms with Crippen LogP contribution in [0.2, 0.25) is 0 Å². The molecule has 2 aromatic rings. The highest BCUT2D eigenvalue weighted by molar-refractivity contribution is 5.96. The van der Waals surface area contributed by atoms with Gasteiger partial charge in [-0.25, -0.2) is 0 Å². The van der Waals surface area contributed by atoms with Crippen LogP contribution < -0.4 is 9.47 Å². The number of rotatable bonds is 12. The minimum absolute atomic E-state index is 0.0757. The number of phenols is 1. The van der Waals surface area contributed by atoms with Gasteiger partial charge in [0.15, 0.2) is 11.5 Å². The molecule has 186 valence electrons. The number of benzene rings is 2. The first kappa shape index (κ1) is 25.9. The summed E-state index contributed by atoms with van der Waals surface area (Å²) < 4.78 is 10.6. The summed E-state index contributed by atoms with van der Waals surface area (Å²) in [6, 6.07) is 13.8. The number of amides is 1. The van der Waals surface area contributed by atoms with Crippen LogP contribution in [0.25, 0.3) is 0 Å². The van der Waals surface area contributed by atoms with Crippen LogP contribution in [0.3, 0.4) is 0 Å². The standard InChI is InChI=1S/C28H40N2O4/c1-5-7-16-29(15-6-2)17-13-28(23-11-9-8-10-12-23)14-18-30(21-28)27(32)22-19-24(31)26(34-4)25(20-22)33-3/h8-12,19-20,31H,5-7,13-18,21H2,1-4H3. The molecule has 0 aliphatic carbocycles. The van der Waals surface area contributed by atoms with E-state index in [9.17, 15) is 9.90 Å². The van der Waals surface area contributed by atoms with Crippen molar-refractivity contribution in [2.45, 2.75) is 51.4 Å². The van der Waals surface area contributed by atoms with Gasteiger partial charge >= 0.3 is 0 Å². The second-order valence-corrected chi connectivity index (χ2v) is 9.30. The van der Waals surface area contributed by atoms with E-state index in [1.54, 1.807) is 6.07 Å². The van der Waals surface area contributed by atoms with Crippen molar-refractivity contribution < 1.29 is 19.4 Å². The van der Waals surface area contributed by atoms with Crippen molar-refractivity contribution in [3.8, 4) is 17.2 Å². The molecule has 1 saturated heterocycles. The van der Waals surface area contributed by atoms with Gasteiger partial charge in [-0.1, -0.05) is 50.6 Å². The van der Waals surface area contributed by atoms with Gasteiger partial charge < -0.3 is 24.4 Å². The molecule has 3 rings (SSSR count). The molecule has 1 aliphatic heterocycles. The van der Waals surface area contributed by atoms with Gasteiger partial charge in [0.1, 0.15) is 0 Å². The summed E-state index contributed by atoms with van der Waals surface area (Å²) in [4.78, 5) is 18.0. The van der Waals surface area contributed by atoms with Crippen molar-refractivity contribution in [1.82, 2.24) is 9.80 Å². The zero-order valence-corrected chi connectivity index (χ0v) is 21.2. The van der Waals surface area contributed by atoms with Gasteiger partial charge in [-0.05, 0) is 63.0 Å². The number of likely N-dealkylation sites (tertiary alicyclic amines) is 1. The van der Waals surface area contributed by atoms with Gasteiger partial charge in [0.2, 0.25) is 5.75 Å². The zero-order chi connectivity index (χ0) is 24.6. The first-order valence-corrected chi connectivity index (χ1v) is 12.5. The lowest BCUT2D eigenvalue weighted by Crippen LogP contribution is -2.38. The van der Waals surface area contributed by atoms with Gasteiger partial charge in [0.05, 0.1) is 14.2 Å².